The molecule has 0 radical (unpaired) electrons. The predicted molar refractivity (Wildman–Crippen MR) is 117 cm³/mol. The zero-order valence-corrected chi connectivity index (χ0v) is 18.6. The van der Waals surface area contributed by atoms with E-state index < -0.39 is 11.4 Å². The molecule has 1 unspecified atom stereocenters. The molecule has 0 saturated carbocycles. The van der Waals surface area contributed by atoms with E-state index in [9.17, 15) is 4.79 Å². The fourth-order valence-electron chi connectivity index (χ4n) is 3.13. The molecule has 0 aliphatic rings. The third kappa shape index (κ3) is 5.14. The Balaban J connectivity index is 2.12. The molecule has 0 aliphatic heterocycles. The van der Waals surface area contributed by atoms with Crippen molar-refractivity contribution in [3.63, 3.8) is 0 Å². The van der Waals surface area contributed by atoms with E-state index >= 15 is 4.39 Å². The van der Waals surface area contributed by atoms with Gasteiger partial charge in [0.15, 0.2) is 16.7 Å². The summed E-state index contributed by atoms with van der Waals surface area (Å²) in [5.74, 6) is -0.275. The Morgan fingerprint density at radius 3 is 2.74 bits per heavy atom. The zero-order chi connectivity index (χ0) is 22.4. The molecule has 1 atom stereocenters. The summed E-state index contributed by atoms with van der Waals surface area (Å²) in [4.78, 5) is 17.6. The van der Waals surface area contributed by atoms with Crippen molar-refractivity contribution in [2.45, 2.75) is 33.2 Å². The molecule has 7 nitrogen and oxygen atoms in total. The van der Waals surface area contributed by atoms with Gasteiger partial charge in [0.05, 0.1) is 12.3 Å². The van der Waals surface area contributed by atoms with Crippen molar-refractivity contribution in [3.05, 3.63) is 58.0 Å². The second-order valence-corrected chi connectivity index (χ2v) is 7.63. The lowest BCUT2D eigenvalue weighted by atomic mass is 10.1. The number of hydrogen-bond donors (Lipinski definition) is 0. The van der Waals surface area contributed by atoms with Gasteiger partial charge in [-0.05, 0) is 24.1 Å². The van der Waals surface area contributed by atoms with Crippen LogP contribution in [-0.2, 0) is 11.3 Å². The Hall–Kier alpha value is -2.71. The monoisotopic (exact) mass is 448 g/mol. The minimum atomic E-state index is -0.590. The first kappa shape index (κ1) is 23.0. The second kappa shape index (κ2) is 10.5. The molecule has 0 amide bonds. The highest BCUT2D eigenvalue weighted by molar-refractivity contribution is 6.31. The van der Waals surface area contributed by atoms with Crippen LogP contribution in [0.1, 0.15) is 26.7 Å². The van der Waals surface area contributed by atoms with Gasteiger partial charge in [-0.3, -0.25) is 4.79 Å². The highest BCUT2D eigenvalue weighted by Crippen LogP contribution is 2.33. The van der Waals surface area contributed by atoms with E-state index in [-0.39, 0.29) is 33.9 Å². The molecule has 0 saturated heterocycles. The van der Waals surface area contributed by atoms with Crippen molar-refractivity contribution >= 4 is 11.6 Å². The summed E-state index contributed by atoms with van der Waals surface area (Å²) in [5.41, 5.74) is -0.00825. The number of rotatable bonds is 10. The van der Waals surface area contributed by atoms with Crippen LogP contribution in [0.25, 0.3) is 17.1 Å². The number of aromatic nitrogens is 4. The molecular weight excluding hydrogens is 423 g/mol. The molecule has 0 bridgehead atoms. The summed E-state index contributed by atoms with van der Waals surface area (Å²) >= 11 is 6.52. The summed E-state index contributed by atoms with van der Waals surface area (Å²) in [6.07, 6.45) is 4.63. The molecule has 0 spiro atoms. The van der Waals surface area contributed by atoms with Crippen LogP contribution >= 0.6 is 11.6 Å². The number of nitrogens with zero attached hydrogens (tertiary/aromatic N) is 4. The fraction of sp³-hybridized carbons (Fsp3) is 0.409. The lowest BCUT2D eigenvalue weighted by molar-refractivity contribution is 0.170. The number of benzene rings is 1. The quantitative estimate of drug-likeness (QED) is 0.431. The number of ether oxygens (including phenoxy) is 2. The summed E-state index contributed by atoms with van der Waals surface area (Å²) in [6.45, 7) is 5.23. The Kier molecular flexibility index (Phi) is 7.81. The molecule has 0 aliphatic carbocycles. The standard InChI is InChI=1S/C22H26ClFN4O3/c1-4-15(2)14-27-19(20(23)26-21(22(27)29)28-11-6-10-25-28)16-8-5-9-17(18(16)24)31-13-7-12-30-3/h5-6,8-11,15H,4,7,12-14H2,1-3H3. The van der Waals surface area contributed by atoms with E-state index in [1.165, 1.54) is 9.25 Å². The molecule has 0 N–H and O–H groups in total. The highest BCUT2D eigenvalue weighted by Gasteiger charge is 2.23. The number of halogens is 2. The molecule has 166 valence electrons. The van der Waals surface area contributed by atoms with Gasteiger partial charge in [-0.15, -0.1) is 0 Å². The Bertz CT molecular complexity index is 1070. The fourth-order valence-corrected chi connectivity index (χ4v) is 3.42. The van der Waals surface area contributed by atoms with Gasteiger partial charge in [0, 0.05) is 44.6 Å². The minimum Gasteiger partial charge on any atom is -0.490 e. The van der Waals surface area contributed by atoms with Gasteiger partial charge in [-0.1, -0.05) is 37.9 Å². The highest BCUT2D eigenvalue weighted by atomic mass is 35.5. The van der Waals surface area contributed by atoms with Gasteiger partial charge in [0.1, 0.15) is 0 Å². The van der Waals surface area contributed by atoms with Gasteiger partial charge in [-0.25, -0.2) is 14.1 Å². The lowest BCUT2D eigenvalue weighted by Crippen LogP contribution is -2.30. The number of methoxy groups -OCH3 is 1. The first-order valence-electron chi connectivity index (χ1n) is 10.2. The summed E-state index contributed by atoms with van der Waals surface area (Å²) in [6, 6.07) is 6.47. The first-order chi connectivity index (χ1) is 15.0. The van der Waals surface area contributed by atoms with E-state index in [0.29, 0.717) is 26.2 Å². The molecule has 9 heteroatoms. The maximum atomic E-state index is 15.4. The first-order valence-corrected chi connectivity index (χ1v) is 10.6. The van der Waals surface area contributed by atoms with Crippen LogP contribution < -0.4 is 10.3 Å². The number of hydrogen-bond acceptors (Lipinski definition) is 5. The van der Waals surface area contributed by atoms with Crippen molar-refractivity contribution in [2.75, 3.05) is 20.3 Å². The van der Waals surface area contributed by atoms with Gasteiger partial charge in [-0.2, -0.15) is 5.10 Å². The largest absolute Gasteiger partial charge is 0.490 e. The molecule has 2 heterocycles. The molecular formula is C22H26ClFN4O3. The van der Waals surface area contributed by atoms with E-state index in [1.807, 2.05) is 13.8 Å². The van der Waals surface area contributed by atoms with Crippen molar-refractivity contribution in [2.24, 2.45) is 5.92 Å². The van der Waals surface area contributed by atoms with E-state index in [4.69, 9.17) is 21.1 Å². The van der Waals surface area contributed by atoms with E-state index in [0.717, 1.165) is 6.42 Å². The van der Waals surface area contributed by atoms with Gasteiger partial charge in [0.25, 0.3) is 5.56 Å². The van der Waals surface area contributed by atoms with Crippen LogP contribution in [0.2, 0.25) is 5.15 Å². The average molecular weight is 449 g/mol. The second-order valence-electron chi connectivity index (χ2n) is 7.27. The van der Waals surface area contributed by atoms with Crippen LogP contribution in [0.3, 0.4) is 0 Å². The van der Waals surface area contributed by atoms with Crippen molar-refractivity contribution < 1.29 is 13.9 Å². The van der Waals surface area contributed by atoms with Crippen molar-refractivity contribution in [1.82, 2.24) is 19.3 Å². The van der Waals surface area contributed by atoms with Crippen LogP contribution in [-0.4, -0.2) is 39.7 Å². The SMILES string of the molecule is CCC(C)Cn1c(-c2cccc(OCCCOC)c2F)c(Cl)nc(-n2cccn2)c1=O. The van der Waals surface area contributed by atoms with Gasteiger partial charge >= 0.3 is 0 Å². The van der Waals surface area contributed by atoms with Gasteiger partial charge < -0.3 is 14.0 Å². The van der Waals surface area contributed by atoms with Crippen LogP contribution in [0, 0.1) is 11.7 Å². The summed E-state index contributed by atoms with van der Waals surface area (Å²) in [7, 11) is 1.60. The lowest BCUT2D eigenvalue weighted by Gasteiger charge is -2.19. The minimum absolute atomic E-state index is 0.0174. The van der Waals surface area contributed by atoms with Crippen LogP contribution in [0.4, 0.5) is 4.39 Å². The third-order valence-corrected chi connectivity index (χ3v) is 5.25. The molecule has 2 aromatic heterocycles. The van der Waals surface area contributed by atoms with Crippen molar-refractivity contribution in [1.29, 1.82) is 0 Å². The predicted octanol–water partition coefficient (Wildman–Crippen LogP) is 4.35. The average Bonchev–Trinajstić information content (AvgIpc) is 3.30. The van der Waals surface area contributed by atoms with Gasteiger partial charge in [0.2, 0.25) is 5.82 Å². The zero-order valence-electron chi connectivity index (χ0n) is 17.8. The molecule has 3 rings (SSSR count). The molecule has 31 heavy (non-hydrogen) atoms. The van der Waals surface area contributed by atoms with Crippen LogP contribution in [0.15, 0.2) is 41.5 Å². The molecule has 1 aromatic carbocycles. The Morgan fingerprint density at radius 2 is 2.06 bits per heavy atom. The molecule has 3 aromatic rings. The Labute approximate surface area is 185 Å². The van der Waals surface area contributed by atoms with Crippen LogP contribution in [0.5, 0.6) is 5.75 Å². The normalized spacial score (nSPS) is 12.2. The summed E-state index contributed by atoms with van der Waals surface area (Å²) in [5, 5.41) is 4.11. The Morgan fingerprint density at radius 1 is 1.26 bits per heavy atom. The topological polar surface area (TPSA) is 71.2 Å². The molecule has 0 fully saturated rings. The van der Waals surface area contributed by atoms with E-state index in [2.05, 4.69) is 10.1 Å². The smallest absolute Gasteiger partial charge is 0.296 e. The maximum absolute atomic E-state index is 15.4. The maximum Gasteiger partial charge on any atom is 0.296 e. The van der Waals surface area contributed by atoms with E-state index in [1.54, 1.807) is 43.8 Å². The summed E-state index contributed by atoms with van der Waals surface area (Å²) < 4.78 is 28.8. The third-order valence-electron chi connectivity index (χ3n) is 4.99. The van der Waals surface area contributed by atoms with Crippen molar-refractivity contribution in [3.8, 4) is 22.8 Å².